The van der Waals surface area contributed by atoms with Crippen molar-refractivity contribution in [3.8, 4) is 0 Å². The first-order valence-electron chi connectivity index (χ1n) is 8.19. The number of nitrogens with zero attached hydrogens (tertiary/aromatic N) is 1. The summed E-state index contributed by atoms with van der Waals surface area (Å²) < 4.78 is 26.5. The number of halogens is 2. The number of hydrogen-bond donors (Lipinski definition) is 2. The largest absolute Gasteiger partial charge is 0.350 e. The zero-order valence-electron chi connectivity index (χ0n) is 14.4. The molecule has 2 aromatic rings. The van der Waals surface area contributed by atoms with Gasteiger partial charge < -0.3 is 5.32 Å². The molecule has 1 unspecified atom stereocenters. The van der Waals surface area contributed by atoms with Crippen LogP contribution in [0.1, 0.15) is 30.5 Å². The monoisotopic (exact) mass is 425 g/mol. The standard InChI is InChI=1S/C18H17Cl2N3O3S/c1-11(12-6-7-14(19)15(20)10-12)22-17(24)8-9-21-18-13-4-2-3-5-16(13)27(25,26)23-18/h2-7,10-11H,8-9H2,1H3,(H,21,23)(H,22,24). The SMILES string of the molecule is CC(NC(=O)CCN=C1NS(=O)(=O)c2ccccc21)c1ccc(Cl)c(Cl)c1. The van der Waals surface area contributed by atoms with Crippen LogP contribution in [0.3, 0.4) is 0 Å². The third kappa shape index (κ3) is 4.43. The molecule has 0 radical (unpaired) electrons. The summed E-state index contributed by atoms with van der Waals surface area (Å²) in [6, 6.07) is 11.5. The van der Waals surface area contributed by atoms with Crippen LogP contribution in [0.15, 0.2) is 52.4 Å². The van der Waals surface area contributed by atoms with Gasteiger partial charge in [0.1, 0.15) is 5.84 Å². The van der Waals surface area contributed by atoms with Gasteiger partial charge >= 0.3 is 0 Å². The summed E-state index contributed by atoms with van der Waals surface area (Å²) in [5, 5.41) is 3.73. The maximum Gasteiger partial charge on any atom is 0.263 e. The molecule has 0 fully saturated rings. The van der Waals surface area contributed by atoms with E-state index in [4.69, 9.17) is 23.2 Å². The minimum absolute atomic E-state index is 0.124. The minimum Gasteiger partial charge on any atom is -0.350 e. The minimum atomic E-state index is -3.57. The normalized spacial score (nSPS) is 17.2. The lowest BCUT2D eigenvalue weighted by Crippen LogP contribution is -2.27. The fraction of sp³-hybridized carbons (Fsp3) is 0.222. The molecule has 142 valence electrons. The Labute approximate surface area is 167 Å². The van der Waals surface area contributed by atoms with Gasteiger partial charge in [-0.15, -0.1) is 0 Å². The number of amides is 1. The maximum absolute atomic E-state index is 12.1. The predicted molar refractivity (Wildman–Crippen MR) is 106 cm³/mol. The second-order valence-electron chi connectivity index (χ2n) is 6.04. The second kappa shape index (κ2) is 7.88. The summed E-state index contributed by atoms with van der Waals surface area (Å²) in [7, 11) is -3.57. The number of sulfonamides is 1. The molecule has 1 atom stereocenters. The van der Waals surface area contributed by atoms with Crippen molar-refractivity contribution >= 4 is 45.0 Å². The van der Waals surface area contributed by atoms with E-state index in [9.17, 15) is 13.2 Å². The summed E-state index contributed by atoms with van der Waals surface area (Å²) in [4.78, 5) is 16.6. The maximum atomic E-state index is 12.1. The van der Waals surface area contributed by atoms with Crippen LogP contribution < -0.4 is 10.0 Å². The van der Waals surface area contributed by atoms with Gasteiger partial charge in [0, 0.05) is 12.0 Å². The van der Waals surface area contributed by atoms with Gasteiger partial charge in [0.05, 0.1) is 27.5 Å². The molecule has 0 bridgehead atoms. The Bertz CT molecular complexity index is 1020. The summed E-state index contributed by atoms with van der Waals surface area (Å²) in [6.45, 7) is 2.00. The highest BCUT2D eigenvalue weighted by Gasteiger charge is 2.29. The number of nitrogens with one attached hydrogen (secondary N) is 2. The van der Waals surface area contributed by atoms with Gasteiger partial charge in [-0.25, -0.2) is 8.42 Å². The molecule has 0 saturated carbocycles. The Morgan fingerprint density at radius 2 is 1.93 bits per heavy atom. The fourth-order valence-electron chi connectivity index (χ4n) is 2.70. The van der Waals surface area contributed by atoms with Crippen molar-refractivity contribution in [2.45, 2.75) is 24.3 Å². The Morgan fingerprint density at radius 1 is 1.19 bits per heavy atom. The Kier molecular flexibility index (Phi) is 5.74. The molecule has 0 aromatic heterocycles. The summed E-state index contributed by atoms with van der Waals surface area (Å²) in [6.07, 6.45) is 0.124. The molecule has 0 aliphatic carbocycles. The van der Waals surface area contributed by atoms with Crippen molar-refractivity contribution in [3.63, 3.8) is 0 Å². The van der Waals surface area contributed by atoms with E-state index >= 15 is 0 Å². The van der Waals surface area contributed by atoms with Gasteiger partial charge in [0.15, 0.2) is 0 Å². The smallest absolute Gasteiger partial charge is 0.263 e. The molecular formula is C18H17Cl2N3O3S. The number of amidine groups is 1. The Balaban J connectivity index is 1.60. The van der Waals surface area contributed by atoms with Gasteiger partial charge in [0.2, 0.25) is 5.91 Å². The molecule has 3 rings (SSSR count). The summed E-state index contributed by atoms with van der Waals surface area (Å²) >= 11 is 11.9. The Hall–Kier alpha value is -2.09. The lowest BCUT2D eigenvalue weighted by atomic mass is 10.1. The van der Waals surface area contributed by atoms with Gasteiger partial charge in [-0.05, 0) is 36.8 Å². The predicted octanol–water partition coefficient (Wildman–Crippen LogP) is 3.30. The molecule has 9 heteroatoms. The van der Waals surface area contributed by atoms with Crippen LogP contribution >= 0.6 is 23.2 Å². The van der Waals surface area contributed by atoms with E-state index in [0.29, 0.717) is 15.6 Å². The number of rotatable bonds is 5. The molecule has 1 aliphatic rings. The van der Waals surface area contributed by atoms with Crippen LogP contribution in [0.5, 0.6) is 0 Å². The van der Waals surface area contributed by atoms with Crippen molar-refractivity contribution < 1.29 is 13.2 Å². The third-order valence-corrected chi connectivity index (χ3v) is 6.23. The van der Waals surface area contributed by atoms with Gasteiger partial charge in [-0.1, -0.05) is 41.4 Å². The molecule has 1 aliphatic heterocycles. The van der Waals surface area contributed by atoms with E-state index in [1.54, 1.807) is 36.4 Å². The highest BCUT2D eigenvalue weighted by Crippen LogP contribution is 2.25. The molecule has 1 heterocycles. The molecule has 0 saturated heterocycles. The highest BCUT2D eigenvalue weighted by atomic mass is 35.5. The summed E-state index contributed by atoms with van der Waals surface area (Å²) in [5.41, 5.74) is 1.35. The third-order valence-electron chi connectivity index (χ3n) is 4.09. The van der Waals surface area contributed by atoms with Crippen molar-refractivity contribution in [3.05, 3.63) is 63.6 Å². The van der Waals surface area contributed by atoms with Gasteiger partial charge in [0.25, 0.3) is 10.0 Å². The van der Waals surface area contributed by atoms with E-state index in [1.165, 1.54) is 6.07 Å². The van der Waals surface area contributed by atoms with Crippen molar-refractivity contribution in [2.24, 2.45) is 4.99 Å². The van der Waals surface area contributed by atoms with Crippen LogP contribution in [0, 0.1) is 0 Å². The first-order chi connectivity index (χ1) is 12.8. The van der Waals surface area contributed by atoms with Crippen LogP contribution in [0.4, 0.5) is 0 Å². The first-order valence-corrected chi connectivity index (χ1v) is 10.4. The van der Waals surface area contributed by atoms with Gasteiger partial charge in [-0.3, -0.25) is 14.5 Å². The number of fused-ring (bicyclic) bond motifs is 1. The summed E-state index contributed by atoms with van der Waals surface area (Å²) in [5.74, 6) is 0.0583. The molecule has 6 nitrogen and oxygen atoms in total. The average Bonchev–Trinajstić information content (AvgIpc) is 2.88. The fourth-order valence-corrected chi connectivity index (χ4v) is 4.26. The number of benzene rings is 2. The zero-order chi connectivity index (χ0) is 19.6. The molecule has 27 heavy (non-hydrogen) atoms. The van der Waals surface area contributed by atoms with E-state index in [0.717, 1.165) is 5.56 Å². The molecule has 0 spiro atoms. The molecule has 2 N–H and O–H groups in total. The molecule has 2 aromatic carbocycles. The first kappa shape index (κ1) is 19.7. The van der Waals surface area contributed by atoms with Crippen molar-refractivity contribution in [2.75, 3.05) is 6.54 Å². The van der Waals surface area contributed by atoms with Crippen LogP contribution in [-0.2, 0) is 14.8 Å². The number of carbonyl (C=O) groups excluding carboxylic acids is 1. The Morgan fingerprint density at radius 3 is 2.67 bits per heavy atom. The zero-order valence-corrected chi connectivity index (χ0v) is 16.7. The van der Waals surface area contributed by atoms with Crippen molar-refractivity contribution in [1.82, 2.24) is 10.0 Å². The van der Waals surface area contributed by atoms with E-state index in [2.05, 4.69) is 15.0 Å². The molecular weight excluding hydrogens is 409 g/mol. The van der Waals surface area contributed by atoms with Crippen LogP contribution in [0.2, 0.25) is 10.0 Å². The number of aliphatic imine (C=N–C) groups is 1. The number of carbonyl (C=O) groups is 1. The number of hydrogen-bond acceptors (Lipinski definition) is 4. The lowest BCUT2D eigenvalue weighted by Gasteiger charge is -2.14. The van der Waals surface area contributed by atoms with Gasteiger partial charge in [-0.2, -0.15) is 0 Å². The van der Waals surface area contributed by atoms with E-state index in [1.807, 2.05) is 6.92 Å². The van der Waals surface area contributed by atoms with Crippen LogP contribution in [0.25, 0.3) is 0 Å². The highest BCUT2D eigenvalue weighted by molar-refractivity contribution is 7.90. The lowest BCUT2D eigenvalue weighted by molar-refractivity contribution is -0.121. The average molecular weight is 426 g/mol. The second-order valence-corrected chi connectivity index (χ2v) is 8.51. The van der Waals surface area contributed by atoms with E-state index < -0.39 is 10.0 Å². The van der Waals surface area contributed by atoms with Crippen molar-refractivity contribution in [1.29, 1.82) is 0 Å². The topological polar surface area (TPSA) is 87.6 Å². The quantitative estimate of drug-likeness (QED) is 0.769. The van der Waals surface area contributed by atoms with E-state index in [-0.39, 0.29) is 35.6 Å². The van der Waals surface area contributed by atoms with Crippen LogP contribution in [-0.4, -0.2) is 26.7 Å². The molecule has 1 amide bonds.